The molecule has 0 amide bonds. The minimum Gasteiger partial charge on any atom is -0.298 e. The van der Waals surface area contributed by atoms with Gasteiger partial charge < -0.3 is 0 Å². The fourth-order valence-electron chi connectivity index (χ4n) is 1.60. The van der Waals surface area contributed by atoms with E-state index in [1.807, 2.05) is 30.3 Å². The summed E-state index contributed by atoms with van der Waals surface area (Å²) >= 11 is 2.34. The van der Waals surface area contributed by atoms with Gasteiger partial charge in [-0.05, 0) is 16.3 Å². The molecule has 0 unspecified atom stereocenters. The molecule has 0 radical (unpaired) electrons. The van der Waals surface area contributed by atoms with Crippen LogP contribution in [0, 0.1) is 0 Å². The molecular formula is C12H9IO. The molecule has 2 aromatic rings. The number of benzene rings is 2. The summed E-state index contributed by atoms with van der Waals surface area (Å²) in [6.45, 7) is 0. The Hall–Kier alpha value is -0.900. The maximum absolute atomic E-state index is 10.8. The van der Waals surface area contributed by atoms with Crippen LogP contribution in [0.15, 0.2) is 36.4 Å². The molecule has 0 aliphatic carbocycles. The first kappa shape index (κ1) is 9.65. The van der Waals surface area contributed by atoms with E-state index < -0.39 is 0 Å². The van der Waals surface area contributed by atoms with Crippen LogP contribution >= 0.6 is 22.6 Å². The van der Waals surface area contributed by atoms with Crippen molar-refractivity contribution in [3.63, 3.8) is 0 Å². The lowest BCUT2D eigenvalue weighted by atomic mass is 10.0. The highest BCUT2D eigenvalue weighted by Crippen LogP contribution is 2.23. The van der Waals surface area contributed by atoms with Crippen molar-refractivity contribution in [2.75, 3.05) is 0 Å². The third-order valence-electron chi connectivity index (χ3n) is 2.32. The summed E-state index contributed by atoms with van der Waals surface area (Å²) in [4.78, 5) is 10.8. The van der Waals surface area contributed by atoms with Gasteiger partial charge in [0.15, 0.2) is 6.29 Å². The number of carbonyl (C=O) groups is 1. The molecule has 0 atom stereocenters. The molecule has 0 saturated carbocycles. The molecule has 2 aromatic carbocycles. The summed E-state index contributed by atoms with van der Waals surface area (Å²) in [6, 6.07) is 12.0. The van der Waals surface area contributed by atoms with Gasteiger partial charge in [0, 0.05) is 9.99 Å². The third-order valence-corrected chi connectivity index (χ3v) is 3.14. The van der Waals surface area contributed by atoms with E-state index in [1.165, 1.54) is 10.9 Å². The van der Waals surface area contributed by atoms with E-state index in [-0.39, 0.29) is 0 Å². The maximum Gasteiger partial charge on any atom is 0.150 e. The van der Waals surface area contributed by atoms with Gasteiger partial charge >= 0.3 is 0 Å². The van der Waals surface area contributed by atoms with Crippen LogP contribution in [0.25, 0.3) is 10.8 Å². The number of aldehydes is 1. The van der Waals surface area contributed by atoms with Gasteiger partial charge in [-0.15, -0.1) is 0 Å². The number of hydrogen-bond donors (Lipinski definition) is 0. The quantitative estimate of drug-likeness (QED) is 0.470. The van der Waals surface area contributed by atoms with Crippen LogP contribution in [0.1, 0.15) is 15.9 Å². The van der Waals surface area contributed by atoms with Gasteiger partial charge in [0.25, 0.3) is 0 Å². The number of hydrogen-bond acceptors (Lipinski definition) is 1. The number of fused-ring (bicyclic) bond motifs is 1. The first-order valence-corrected chi connectivity index (χ1v) is 5.91. The van der Waals surface area contributed by atoms with Crippen molar-refractivity contribution in [3.05, 3.63) is 47.5 Å². The summed E-state index contributed by atoms with van der Waals surface area (Å²) in [7, 11) is 0. The number of carbonyl (C=O) groups excluding carboxylic acids is 1. The molecule has 2 heteroatoms. The lowest BCUT2D eigenvalue weighted by molar-refractivity contribution is 0.112. The third kappa shape index (κ3) is 1.54. The minimum absolute atomic E-state index is 0.772. The largest absolute Gasteiger partial charge is 0.298 e. The summed E-state index contributed by atoms with van der Waals surface area (Å²) in [5.74, 6) is 0. The summed E-state index contributed by atoms with van der Waals surface area (Å²) in [5.41, 5.74) is 2.06. The Labute approximate surface area is 96.3 Å². The smallest absolute Gasteiger partial charge is 0.150 e. The molecule has 0 N–H and O–H groups in total. The molecule has 0 heterocycles. The van der Waals surface area contributed by atoms with E-state index in [1.54, 1.807) is 0 Å². The molecule has 0 aliphatic rings. The van der Waals surface area contributed by atoms with Crippen LogP contribution in [0.3, 0.4) is 0 Å². The van der Waals surface area contributed by atoms with Gasteiger partial charge in [-0.25, -0.2) is 0 Å². The second-order valence-corrected chi connectivity index (χ2v) is 3.87. The topological polar surface area (TPSA) is 17.1 Å². The summed E-state index contributed by atoms with van der Waals surface area (Å²) in [5, 5.41) is 2.24. The second kappa shape index (κ2) is 4.09. The molecule has 0 saturated heterocycles. The van der Waals surface area contributed by atoms with Gasteiger partial charge in [-0.3, -0.25) is 4.79 Å². The Balaban J connectivity index is 2.84. The average Bonchev–Trinajstić information content (AvgIpc) is 2.27. The van der Waals surface area contributed by atoms with Gasteiger partial charge in [0.1, 0.15) is 0 Å². The molecule has 2 rings (SSSR count). The number of rotatable bonds is 2. The lowest BCUT2D eigenvalue weighted by Gasteiger charge is -2.05. The van der Waals surface area contributed by atoms with Crippen molar-refractivity contribution in [2.24, 2.45) is 0 Å². The van der Waals surface area contributed by atoms with E-state index in [9.17, 15) is 4.79 Å². The number of alkyl halides is 1. The van der Waals surface area contributed by atoms with Crippen LogP contribution in [0.5, 0.6) is 0 Å². The monoisotopic (exact) mass is 296 g/mol. The van der Waals surface area contributed by atoms with Gasteiger partial charge in [-0.2, -0.15) is 0 Å². The molecule has 0 bridgehead atoms. The first-order valence-electron chi connectivity index (χ1n) is 4.38. The molecule has 70 valence electrons. The van der Waals surface area contributed by atoms with Gasteiger partial charge in [-0.1, -0.05) is 59.0 Å². The van der Waals surface area contributed by atoms with Crippen LogP contribution < -0.4 is 0 Å². The van der Waals surface area contributed by atoms with E-state index in [0.717, 1.165) is 21.7 Å². The van der Waals surface area contributed by atoms with Crippen molar-refractivity contribution < 1.29 is 4.79 Å². The average molecular weight is 296 g/mol. The Morgan fingerprint density at radius 3 is 2.43 bits per heavy atom. The zero-order valence-electron chi connectivity index (χ0n) is 7.53. The zero-order chi connectivity index (χ0) is 9.97. The first-order chi connectivity index (χ1) is 6.86. The van der Waals surface area contributed by atoms with Crippen molar-refractivity contribution in [1.29, 1.82) is 0 Å². The minimum atomic E-state index is 0.772. The summed E-state index contributed by atoms with van der Waals surface area (Å²) < 4.78 is 0.970. The van der Waals surface area contributed by atoms with E-state index >= 15 is 0 Å². The Bertz CT molecular complexity index is 477. The van der Waals surface area contributed by atoms with Crippen molar-refractivity contribution >= 4 is 39.6 Å². The molecule has 0 aromatic heterocycles. The second-order valence-electron chi connectivity index (χ2n) is 3.11. The van der Waals surface area contributed by atoms with E-state index in [4.69, 9.17) is 0 Å². The SMILES string of the molecule is O=Cc1ccc(CI)c2ccccc12. The molecule has 1 nitrogen and oxygen atoms in total. The molecule has 0 aliphatic heterocycles. The van der Waals surface area contributed by atoms with Crippen molar-refractivity contribution in [3.8, 4) is 0 Å². The van der Waals surface area contributed by atoms with Crippen molar-refractivity contribution in [1.82, 2.24) is 0 Å². The lowest BCUT2D eigenvalue weighted by Crippen LogP contribution is -1.87. The fourth-order valence-corrected chi connectivity index (χ4v) is 2.27. The van der Waals surface area contributed by atoms with Crippen LogP contribution in [0.2, 0.25) is 0 Å². The van der Waals surface area contributed by atoms with Crippen LogP contribution in [-0.4, -0.2) is 6.29 Å². The van der Waals surface area contributed by atoms with Gasteiger partial charge in [0.05, 0.1) is 0 Å². The van der Waals surface area contributed by atoms with E-state index in [0.29, 0.717) is 0 Å². The highest BCUT2D eigenvalue weighted by Gasteiger charge is 2.03. The Morgan fingerprint density at radius 1 is 1.07 bits per heavy atom. The summed E-state index contributed by atoms with van der Waals surface area (Å²) in [6.07, 6.45) is 0.916. The predicted molar refractivity (Wildman–Crippen MR) is 67.1 cm³/mol. The highest BCUT2D eigenvalue weighted by atomic mass is 127. The van der Waals surface area contributed by atoms with Crippen molar-refractivity contribution in [2.45, 2.75) is 4.43 Å². The predicted octanol–water partition coefficient (Wildman–Crippen LogP) is 3.59. The van der Waals surface area contributed by atoms with Crippen LogP contribution in [0.4, 0.5) is 0 Å². The molecule has 0 spiro atoms. The molecule has 14 heavy (non-hydrogen) atoms. The normalized spacial score (nSPS) is 10.4. The number of halogens is 1. The Kier molecular flexibility index (Phi) is 2.82. The standard InChI is InChI=1S/C12H9IO/c13-7-9-5-6-10(8-14)12-4-2-1-3-11(9)12/h1-6,8H,7H2. The molecular weight excluding hydrogens is 287 g/mol. The Morgan fingerprint density at radius 2 is 1.79 bits per heavy atom. The van der Waals surface area contributed by atoms with Crippen LogP contribution in [-0.2, 0) is 4.43 Å². The maximum atomic E-state index is 10.8. The molecule has 0 fully saturated rings. The van der Waals surface area contributed by atoms with E-state index in [2.05, 4.69) is 28.7 Å². The zero-order valence-corrected chi connectivity index (χ0v) is 9.69. The fraction of sp³-hybridized carbons (Fsp3) is 0.0833. The van der Waals surface area contributed by atoms with Gasteiger partial charge in [0.2, 0.25) is 0 Å². The highest BCUT2D eigenvalue weighted by molar-refractivity contribution is 14.1.